The third-order valence-corrected chi connectivity index (χ3v) is 3.08. The second-order valence-corrected chi connectivity index (χ2v) is 4.94. The molecule has 0 aromatic heterocycles. The van der Waals surface area contributed by atoms with E-state index in [1.165, 1.54) is 12.5 Å². The van der Waals surface area contributed by atoms with Crippen molar-refractivity contribution in [1.82, 2.24) is 0 Å². The zero-order valence-electron chi connectivity index (χ0n) is 12.2. The van der Waals surface area contributed by atoms with Gasteiger partial charge in [-0.25, -0.2) is 4.79 Å². The molecule has 0 spiro atoms. The van der Waals surface area contributed by atoms with Crippen molar-refractivity contribution in [2.75, 3.05) is 0 Å². The average molecular weight is 287 g/mol. The van der Waals surface area contributed by atoms with Crippen LogP contribution in [-0.2, 0) is 10.4 Å². The highest BCUT2D eigenvalue weighted by Gasteiger charge is 2.31. The lowest BCUT2D eigenvalue weighted by molar-refractivity contribution is -0.157. The standard InChI is InChI=1S/C9H10O3.C8H11N/c1-9(12,8(10)11)7-5-3-2-4-6-7;1-7(9)8-5-3-2-4-6-8/h2-6,12H,1H3,(H,10,11);2-7H,9H2,1H3. The van der Waals surface area contributed by atoms with Gasteiger partial charge in [0.05, 0.1) is 0 Å². The van der Waals surface area contributed by atoms with Crippen molar-refractivity contribution in [2.45, 2.75) is 25.5 Å². The number of carbonyl (C=O) groups is 1. The van der Waals surface area contributed by atoms with E-state index in [2.05, 4.69) is 0 Å². The minimum absolute atomic E-state index is 0.159. The molecule has 112 valence electrons. The molecule has 2 unspecified atom stereocenters. The molecule has 0 fully saturated rings. The average Bonchev–Trinajstić information content (AvgIpc) is 2.49. The Morgan fingerprint density at radius 2 is 1.48 bits per heavy atom. The van der Waals surface area contributed by atoms with Gasteiger partial charge in [-0.15, -0.1) is 0 Å². The Balaban J connectivity index is 0.000000219. The third kappa shape index (κ3) is 5.02. The fourth-order valence-electron chi connectivity index (χ4n) is 1.64. The molecule has 21 heavy (non-hydrogen) atoms. The number of aliphatic carboxylic acids is 1. The van der Waals surface area contributed by atoms with E-state index in [-0.39, 0.29) is 6.04 Å². The highest BCUT2D eigenvalue weighted by Crippen LogP contribution is 2.19. The molecule has 0 heterocycles. The summed E-state index contributed by atoms with van der Waals surface area (Å²) in [5.41, 5.74) is 5.40. The summed E-state index contributed by atoms with van der Waals surface area (Å²) in [6, 6.07) is 18.5. The number of rotatable bonds is 3. The van der Waals surface area contributed by atoms with Crippen LogP contribution in [0.5, 0.6) is 0 Å². The molecule has 2 rings (SSSR count). The molecule has 2 atom stereocenters. The van der Waals surface area contributed by atoms with E-state index in [0.29, 0.717) is 5.56 Å². The number of carboxylic acid groups (broad SMARTS) is 1. The maximum Gasteiger partial charge on any atom is 0.340 e. The fraction of sp³-hybridized carbons (Fsp3) is 0.235. The minimum Gasteiger partial charge on any atom is -0.479 e. The molecule has 0 radical (unpaired) electrons. The van der Waals surface area contributed by atoms with Gasteiger partial charge in [0.2, 0.25) is 0 Å². The van der Waals surface area contributed by atoms with Crippen LogP contribution in [0.2, 0.25) is 0 Å². The number of aliphatic hydroxyl groups is 1. The summed E-state index contributed by atoms with van der Waals surface area (Å²) in [5.74, 6) is -1.24. The second kappa shape index (κ2) is 7.57. The molecular formula is C17H21NO3. The van der Waals surface area contributed by atoms with Gasteiger partial charge in [-0.2, -0.15) is 0 Å². The van der Waals surface area contributed by atoms with Crippen molar-refractivity contribution >= 4 is 5.97 Å². The first-order valence-electron chi connectivity index (χ1n) is 6.67. The Labute approximate surface area is 124 Å². The predicted molar refractivity (Wildman–Crippen MR) is 82.7 cm³/mol. The Morgan fingerprint density at radius 1 is 1.05 bits per heavy atom. The SMILES string of the molecule is CC(N)c1ccccc1.CC(O)(C(=O)O)c1ccccc1. The molecule has 4 nitrogen and oxygen atoms in total. The third-order valence-electron chi connectivity index (χ3n) is 3.08. The van der Waals surface area contributed by atoms with Gasteiger partial charge in [0.1, 0.15) is 0 Å². The maximum atomic E-state index is 10.6. The molecule has 0 aliphatic carbocycles. The van der Waals surface area contributed by atoms with E-state index in [4.69, 9.17) is 10.8 Å². The monoisotopic (exact) mass is 287 g/mol. The van der Waals surface area contributed by atoms with Gasteiger partial charge >= 0.3 is 5.97 Å². The van der Waals surface area contributed by atoms with Crippen LogP contribution in [0.1, 0.15) is 31.0 Å². The van der Waals surface area contributed by atoms with Gasteiger partial charge in [-0.3, -0.25) is 0 Å². The van der Waals surface area contributed by atoms with E-state index in [1.807, 2.05) is 37.3 Å². The van der Waals surface area contributed by atoms with Gasteiger partial charge in [0.25, 0.3) is 0 Å². The molecular weight excluding hydrogens is 266 g/mol. The van der Waals surface area contributed by atoms with Gasteiger partial charge in [-0.05, 0) is 25.0 Å². The Morgan fingerprint density at radius 3 is 1.81 bits per heavy atom. The topological polar surface area (TPSA) is 83.5 Å². The predicted octanol–water partition coefficient (Wildman–Crippen LogP) is 2.69. The molecule has 0 saturated carbocycles. The van der Waals surface area contributed by atoms with Crippen LogP contribution in [0.3, 0.4) is 0 Å². The van der Waals surface area contributed by atoms with Crippen molar-refractivity contribution < 1.29 is 15.0 Å². The summed E-state index contributed by atoms with van der Waals surface area (Å²) in [5, 5.41) is 18.1. The largest absolute Gasteiger partial charge is 0.479 e. The molecule has 0 bridgehead atoms. The molecule has 4 N–H and O–H groups in total. The van der Waals surface area contributed by atoms with Crippen molar-refractivity contribution in [2.24, 2.45) is 5.73 Å². The lowest BCUT2D eigenvalue weighted by Crippen LogP contribution is -2.31. The summed E-state index contributed by atoms with van der Waals surface area (Å²) >= 11 is 0. The summed E-state index contributed by atoms with van der Waals surface area (Å²) in [6.45, 7) is 3.24. The number of nitrogens with two attached hydrogens (primary N) is 1. The fourth-order valence-corrected chi connectivity index (χ4v) is 1.64. The van der Waals surface area contributed by atoms with Gasteiger partial charge in [0, 0.05) is 6.04 Å². The summed E-state index contributed by atoms with van der Waals surface area (Å²) in [6.07, 6.45) is 0. The van der Waals surface area contributed by atoms with Gasteiger partial charge in [0.15, 0.2) is 5.60 Å². The van der Waals surface area contributed by atoms with Crippen molar-refractivity contribution in [1.29, 1.82) is 0 Å². The van der Waals surface area contributed by atoms with Crippen molar-refractivity contribution in [3.63, 3.8) is 0 Å². The van der Waals surface area contributed by atoms with Crippen LogP contribution in [0.15, 0.2) is 60.7 Å². The molecule has 0 saturated heterocycles. The highest BCUT2D eigenvalue weighted by molar-refractivity contribution is 5.78. The first kappa shape index (κ1) is 16.9. The smallest absolute Gasteiger partial charge is 0.340 e. The molecule has 0 aliphatic rings. The molecule has 4 heteroatoms. The lowest BCUT2D eigenvalue weighted by atomic mass is 9.97. The van der Waals surface area contributed by atoms with E-state index in [0.717, 1.165) is 0 Å². The van der Waals surface area contributed by atoms with E-state index >= 15 is 0 Å². The Kier molecular flexibility index (Phi) is 6.09. The Hall–Kier alpha value is -2.17. The molecule has 2 aromatic rings. The van der Waals surface area contributed by atoms with Crippen molar-refractivity contribution in [3.8, 4) is 0 Å². The van der Waals surface area contributed by atoms with Crippen LogP contribution in [0.25, 0.3) is 0 Å². The van der Waals surface area contributed by atoms with E-state index in [9.17, 15) is 9.90 Å². The van der Waals surface area contributed by atoms with E-state index in [1.54, 1.807) is 30.3 Å². The second-order valence-electron chi connectivity index (χ2n) is 4.94. The van der Waals surface area contributed by atoms with Crippen LogP contribution < -0.4 is 5.73 Å². The highest BCUT2D eigenvalue weighted by atomic mass is 16.4. The van der Waals surface area contributed by atoms with Crippen LogP contribution in [0, 0.1) is 0 Å². The van der Waals surface area contributed by atoms with Gasteiger partial charge < -0.3 is 15.9 Å². The first-order chi connectivity index (χ1) is 9.85. The normalized spacial score (nSPS) is 14.3. The number of benzene rings is 2. The summed E-state index contributed by atoms with van der Waals surface area (Å²) in [7, 11) is 0. The zero-order valence-corrected chi connectivity index (χ0v) is 12.2. The van der Waals surface area contributed by atoms with Crippen LogP contribution in [-0.4, -0.2) is 16.2 Å². The first-order valence-corrected chi connectivity index (χ1v) is 6.67. The molecule has 0 amide bonds. The number of hydrogen-bond donors (Lipinski definition) is 3. The lowest BCUT2D eigenvalue weighted by Gasteiger charge is -2.17. The zero-order chi connectivity index (χ0) is 15.9. The van der Waals surface area contributed by atoms with E-state index < -0.39 is 11.6 Å². The van der Waals surface area contributed by atoms with Crippen LogP contribution in [0.4, 0.5) is 0 Å². The molecule has 2 aromatic carbocycles. The summed E-state index contributed by atoms with van der Waals surface area (Å²) in [4.78, 5) is 10.6. The quantitative estimate of drug-likeness (QED) is 0.810. The molecule has 0 aliphatic heterocycles. The van der Waals surface area contributed by atoms with Gasteiger partial charge in [-0.1, -0.05) is 60.7 Å². The maximum absolute atomic E-state index is 10.6. The minimum atomic E-state index is -1.79. The Bertz CT molecular complexity index is 551. The number of carboxylic acids is 1. The number of hydrogen-bond acceptors (Lipinski definition) is 3. The van der Waals surface area contributed by atoms with Crippen LogP contribution >= 0.6 is 0 Å². The van der Waals surface area contributed by atoms with Crippen molar-refractivity contribution in [3.05, 3.63) is 71.8 Å². The summed E-state index contributed by atoms with van der Waals surface area (Å²) < 4.78 is 0.